The molecule has 0 unspecified atom stereocenters. The molecule has 0 spiro atoms. The van der Waals surface area contributed by atoms with Crippen LogP contribution in [-0.4, -0.2) is 15.5 Å². The molecule has 0 amide bonds. The zero-order valence-corrected chi connectivity index (χ0v) is 7.32. The molecule has 0 fully saturated rings. The molecule has 2 N–H and O–H groups in total. The van der Waals surface area contributed by atoms with Gasteiger partial charge in [-0.3, -0.25) is 4.68 Å². The fourth-order valence-electron chi connectivity index (χ4n) is 1.44. The standard InChI is InChI=1S/C7H11N3S/c1-10-6-2-3-11-4-5(6)7(8)9-10/h2-4H2,1H3,(H2,8,9). The summed E-state index contributed by atoms with van der Waals surface area (Å²) in [5.41, 5.74) is 8.29. The maximum absolute atomic E-state index is 5.72. The summed E-state index contributed by atoms with van der Waals surface area (Å²) >= 11 is 1.93. The van der Waals surface area contributed by atoms with Crippen LogP contribution >= 0.6 is 11.8 Å². The fourth-order valence-corrected chi connectivity index (χ4v) is 2.44. The van der Waals surface area contributed by atoms with Crippen molar-refractivity contribution in [1.82, 2.24) is 9.78 Å². The summed E-state index contributed by atoms with van der Waals surface area (Å²) in [6.45, 7) is 0. The van der Waals surface area contributed by atoms with Crippen LogP contribution in [0, 0.1) is 0 Å². The number of anilines is 1. The Morgan fingerprint density at radius 3 is 3.18 bits per heavy atom. The first-order valence-corrected chi connectivity index (χ1v) is 4.82. The van der Waals surface area contributed by atoms with E-state index in [2.05, 4.69) is 5.10 Å². The van der Waals surface area contributed by atoms with E-state index in [0.717, 1.165) is 18.0 Å². The van der Waals surface area contributed by atoms with Gasteiger partial charge < -0.3 is 5.73 Å². The molecule has 1 aliphatic heterocycles. The van der Waals surface area contributed by atoms with Gasteiger partial charge in [-0.15, -0.1) is 0 Å². The number of fused-ring (bicyclic) bond motifs is 1. The normalized spacial score (nSPS) is 16.5. The number of nitrogen functional groups attached to an aromatic ring is 1. The van der Waals surface area contributed by atoms with Gasteiger partial charge in [-0.2, -0.15) is 16.9 Å². The first kappa shape index (κ1) is 7.03. The van der Waals surface area contributed by atoms with E-state index in [1.54, 1.807) is 0 Å². The molecule has 0 aromatic carbocycles. The van der Waals surface area contributed by atoms with Crippen LogP contribution in [0.25, 0.3) is 0 Å². The molecule has 11 heavy (non-hydrogen) atoms. The monoisotopic (exact) mass is 169 g/mol. The summed E-state index contributed by atoms with van der Waals surface area (Å²) in [5, 5.41) is 4.17. The van der Waals surface area contributed by atoms with Gasteiger partial charge in [0.2, 0.25) is 0 Å². The third-order valence-electron chi connectivity index (χ3n) is 2.04. The zero-order valence-electron chi connectivity index (χ0n) is 6.50. The molecule has 2 heterocycles. The van der Waals surface area contributed by atoms with E-state index in [1.807, 2.05) is 23.5 Å². The molecule has 0 saturated carbocycles. The summed E-state index contributed by atoms with van der Waals surface area (Å²) in [7, 11) is 1.96. The lowest BCUT2D eigenvalue weighted by Gasteiger charge is -2.10. The minimum absolute atomic E-state index is 0.717. The highest BCUT2D eigenvalue weighted by Gasteiger charge is 2.17. The molecular weight excluding hydrogens is 158 g/mol. The van der Waals surface area contributed by atoms with Crippen LogP contribution in [0.4, 0.5) is 5.82 Å². The third kappa shape index (κ3) is 1.01. The van der Waals surface area contributed by atoms with Crippen molar-refractivity contribution < 1.29 is 0 Å². The van der Waals surface area contributed by atoms with Crippen molar-refractivity contribution in [1.29, 1.82) is 0 Å². The highest BCUT2D eigenvalue weighted by molar-refractivity contribution is 7.98. The summed E-state index contributed by atoms with van der Waals surface area (Å²) in [5.74, 6) is 2.95. The van der Waals surface area contributed by atoms with Gasteiger partial charge in [0, 0.05) is 24.1 Å². The van der Waals surface area contributed by atoms with E-state index in [0.29, 0.717) is 0 Å². The largest absolute Gasteiger partial charge is 0.382 e. The number of hydrogen-bond donors (Lipinski definition) is 1. The fraction of sp³-hybridized carbons (Fsp3) is 0.571. The first-order chi connectivity index (χ1) is 5.29. The molecule has 3 nitrogen and oxygen atoms in total. The van der Waals surface area contributed by atoms with Crippen molar-refractivity contribution in [2.75, 3.05) is 11.5 Å². The minimum atomic E-state index is 0.717. The van der Waals surface area contributed by atoms with Gasteiger partial charge in [-0.05, 0) is 12.2 Å². The minimum Gasteiger partial charge on any atom is -0.382 e. The molecule has 2 rings (SSSR count). The van der Waals surface area contributed by atoms with Gasteiger partial charge >= 0.3 is 0 Å². The lowest BCUT2D eigenvalue weighted by atomic mass is 10.2. The molecule has 0 radical (unpaired) electrons. The lowest BCUT2D eigenvalue weighted by molar-refractivity contribution is 0.718. The molecule has 60 valence electrons. The Balaban J connectivity index is 2.52. The summed E-state index contributed by atoms with van der Waals surface area (Å²) < 4.78 is 1.91. The molecule has 0 saturated heterocycles. The van der Waals surface area contributed by atoms with E-state index in [-0.39, 0.29) is 0 Å². The van der Waals surface area contributed by atoms with Gasteiger partial charge in [0.25, 0.3) is 0 Å². The second-order valence-electron chi connectivity index (χ2n) is 2.74. The Bertz CT molecular complexity index is 253. The number of rotatable bonds is 0. The summed E-state index contributed by atoms with van der Waals surface area (Å²) in [6, 6.07) is 0. The SMILES string of the molecule is Cn1nc(N)c2c1CCSC2. The van der Waals surface area contributed by atoms with Crippen molar-refractivity contribution >= 4 is 17.6 Å². The van der Waals surface area contributed by atoms with E-state index in [9.17, 15) is 0 Å². The van der Waals surface area contributed by atoms with Gasteiger partial charge in [0.05, 0.1) is 0 Å². The van der Waals surface area contributed by atoms with Crippen molar-refractivity contribution in [3.8, 4) is 0 Å². The number of aryl methyl sites for hydroxylation is 1. The van der Waals surface area contributed by atoms with Gasteiger partial charge in [0.15, 0.2) is 0 Å². The van der Waals surface area contributed by atoms with E-state index >= 15 is 0 Å². The maximum Gasteiger partial charge on any atom is 0.149 e. The van der Waals surface area contributed by atoms with E-state index < -0.39 is 0 Å². The first-order valence-electron chi connectivity index (χ1n) is 3.67. The molecule has 0 atom stereocenters. The predicted octanol–water partition coefficient (Wildman–Crippen LogP) is 0.792. The van der Waals surface area contributed by atoms with Crippen LogP contribution in [0.5, 0.6) is 0 Å². The number of aromatic nitrogens is 2. The Hall–Kier alpha value is -0.640. The summed E-state index contributed by atoms with van der Waals surface area (Å²) in [4.78, 5) is 0. The predicted molar refractivity (Wildman–Crippen MR) is 47.5 cm³/mol. The Morgan fingerprint density at radius 2 is 2.45 bits per heavy atom. The molecule has 0 bridgehead atoms. The number of nitrogens with two attached hydrogens (primary N) is 1. The lowest BCUT2D eigenvalue weighted by Crippen LogP contribution is -2.06. The van der Waals surface area contributed by atoms with Crippen LogP contribution in [-0.2, 0) is 19.2 Å². The molecule has 1 aromatic rings. The van der Waals surface area contributed by atoms with E-state index in [1.165, 1.54) is 17.0 Å². The van der Waals surface area contributed by atoms with Crippen LogP contribution < -0.4 is 5.73 Å². The average molecular weight is 169 g/mol. The zero-order chi connectivity index (χ0) is 7.84. The summed E-state index contributed by atoms with van der Waals surface area (Å²) in [6.07, 6.45) is 1.11. The number of hydrogen-bond acceptors (Lipinski definition) is 3. The highest BCUT2D eigenvalue weighted by atomic mass is 32.2. The molecule has 1 aliphatic rings. The average Bonchev–Trinajstić information content (AvgIpc) is 2.30. The van der Waals surface area contributed by atoms with Crippen LogP contribution in [0.3, 0.4) is 0 Å². The Kier molecular flexibility index (Phi) is 1.56. The molecule has 1 aromatic heterocycles. The van der Waals surface area contributed by atoms with Crippen LogP contribution in [0.1, 0.15) is 11.3 Å². The molecule has 4 heteroatoms. The van der Waals surface area contributed by atoms with Crippen LogP contribution in [0.15, 0.2) is 0 Å². The molecular formula is C7H11N3S. The number of nitrogens with zero attached hydrogens (tertiary/aromatic N) is 2. The second-order valence-corrected chi connectivity index (χ2v) is 3.84. The smallest absolute Gasteiger partial charge is 0.149 e. The van der Waals surface area contributed by atoms with Crippen molar-refractivity contribution in [2.45, 2.75) is 12.2 Å². The number of thioether (sulfide) groups is 1. The second kappa shape index (κ2) is 2.44. The van der Waals surface area contributed by atoms with Gasteiger partial charge in [-0.1, -0.05) is 0 Å². The highest BCUT2D eigenvalue weighted by Crippen LogP contribution is 2.27. The van der Waals surface area contributed by atoms with Gasteiger partial charge in [-0.25, -0.2) is 0 Å². The Morgan fingerprint density at radius 1 is 1.64 bits per heavy atom. The van der Waals surface area contributed by atoms with Crippen LogP contribution in [0.2, 0.25) is 0 Å². The topological polar surface area (TPSA) is 43.8 Å². The van der Waals surface area contributed by atoms with Crippen molar-refractivity contribution in [3.05, 3.63) is 11.3 Å². The molecule has 0 aliphatic carbocycles. The quantitative estimate of drug-likeness (QED) is 0.624. The maximum atomic E-state index is 5.72. The van der Waals surface area contributed by atoms with E-state index in [4.69, 9.17) is 5.73 Å². The third-order valence-corrected chi connectivity index (χ3v) is 3.02. The van der Waals surface area contributed by atoms with Gasteiger partial charge in [0.1, 0.15) is 5.82 Å². The van der Waals surface area contributed by atoms with Crippen molar-refractivity contribution in [2.24, 2.45) is 7.05 Å². The Labute approximate surface area is 70.0 Å². The van der Waals surface area contributed by atoms with Crippen molar-refractivity contribution in [3.63, 3.8) is 0 Å².